The van der Waals surface area contributed by atoms with Gasteiger partial charge in [0.05, 0.1) is 30.6 Å². The summed E-state index contributed by atoms with van der Waals surface area (Å²) in [6.07, 6.45) is 4.41. The molecule has 4 aromatic rings. The number of methoxy groups -OCH3 is 1. The lowest BCUT2D eigenvalue weighted by atomic mass is 9.87. The summed E-state index contributed by atoms with van der Waals surface area (Å²) in [5.74, 6) is 0.694. The third-order valence-electron chi connectivity index (χ3n) is 9.46. The van der Waals surface area contributed by atoms with Crippen molar-refractivity contribution in [3.63, 3.8) is 0 Å². The van der Waals surface area contributed by atoms with Crippen molar-refractivity contribution in [2.24, 2.45) is 0 Å². The van der Waals surface area contributed by atoms with Gasteiger partial charge in [0.25, 0.3) is 0 Å². The lowest BCUT2D eigenvalue weighted by Gasteiger charge is -2.38. The fourth-order valence-corrected chi connectivity index (χ4v) is 8.06. The molecule has 262 valence electrons. The van der Waals surface area contributed by atoms with Crippen LogP contribution in [0, 0.1) is 0 Å². The second-order valence-electron chi connectivity index (χ2n) is 13.2. The van der Waals surface area contributed by atoms with Gasteiger partial charge in [-0.3, -0.25) is 19.8 Å². The van der Waals surface area contributed by atoms with E-state index in [9.17, 15) is 14.2 Å². The second-order valence-corrected chi connectivity index (χ2v) is 16.8. The number of imide groups is 1. The first-order chi connectivity index (χ1) is 24.0. The van der Waals surface area contributed by atoms with Crippen LogP contribution in [0.4, 0.5) is 28.8 Å². The van der Waals surface area contributed by atoms with Crippen LogP contribution in [-0.2, 0) is 20.7 Å². The van der Waals surface area contributed by atoms with Gasteiger partial charge in [0, 0.05) is 49.2 Å². The van der Waals surface area contributed by atoms with Crippen molar-refractivity contribution in [1.29, 1.82) is 0 Å². The van der Waals surface area contributed by atoms with Crippen LogP contribution in [0.15, 0.2) is 72.9 Å². The van der Waals surface area contributed by atoms with Gasteiger partial charge in [-0.15, -0.1) is 0 Å². The molecule has 1 atom stereocenters. The molecule has 3 heterocycles. The quantitative estimate of drug-likeness (QED) is 0.117. The molecular weight excluding hydrogens is 673 g/mol. The average Bonchev–Trinajstić information content (AvgIpc) is 3.10. The van der Waals surface area contributed by atoms with Crippen molar-refractivity contribution >= 4 is 64.7 Å². The van der Waals surface area contributed by atoms with E-state index in [-0.39, 0.29) is 17.7 Å². The SMILES string of the molecule is COc1cc(N2CCC(N(C)Cc3ccccc3C3CCC(=O)NC3=O)CC2)ccc1Nc1ncc(Cl)c(Nc2ccccc2P(C)(C)=O)n1. The number of anilines is 5. The molecule has 0 radical (unpaired) electrons. The van der Waals surface area contributed by atoms with Crippen molar-refractivity contribution in [2.75, 3.05) is 56.1 Å². The number of rotatable bonds is 11. The maximum Gasteiger partial charge on any atom is 0.234 e. The number of nitrogens with one attached hydrogen (secondary N) is 3. The highest BCUT2D eigenvalue weighted by Crippen LogP contribution is 2.39. The molecule has 50 heavy (non-hydrogen) atoms. The molecule has 0 aliphatic carbocycles. The molecule has 0 bridgehead atoms. The zero-order valence-electron chi connectivity index (χ0n) is 28.8. The van der Waals surface area contributed by atoms with E-state index in [1.165, 1.54) is 6.20 Å². The smallest absolute Gasteiger partial charge is 0.234 e. The first-order valence-corrected chi connectivity index (χ1v) is 19.7. The fraction of sp³-hybridized carbons (Fsp3) is 0.351. The number of nitrogens with zero attached hydrogens (tertiary/aromatic N) is 4. The molecule has 2 aliphatic heterocycles. The van der Waals surface area contributed by atoms with E-state index >= 15 is 0 Å². The molecule has 1 unspecified atom stereocenters. The van der Waals surface area contributed by atoms with Gasteiger partial charge >= 0.3 is 0 Å². The Bertz CT molecular complexity index is 1930. The summed E-state index contributed by atoms with van der Waals surface area (Å²) in [5.41, 5.74) is 4.59. The van der Waals surface area contributed by atoms with Crippen LogP contribution in [0.1, 0.15) is 42.7 Å². The minimum Gasteiger partial charge on any atom is -0.494 e. The molecule has 0 saturated carbocycles. The van der Waals surface area contributed by atoms with Gasteiger partial charge in [-0.25, -0.2) is 4.98 Å². The third-order valence-corrected chi connectivity index (χ3v) is 11.3. The molecule has 0 spiro atoms. The molecule has 2 amide bonds. The summed E-state index contributed by atoms with van der Waals surface area (Å²) in [4.78, 5) is 38.1. The van der Waals surface area contributed by atoms with Gasteiger partial charge in [-0.1, -0.05) is 48.0 Å². The lowest BCUT2D eigenvalue weighted by molar-refractivity contribution is -0.134. The highest BCUT2D eigenvalue weighted by atomic mass is 35.5. The number of piperidine rings is 2. The predicted molar refractivity (Wildman–Crippen MR) is 200 cm³/mol. The van der Waals surface area contributed by atoms with Crippen LogP contribution in [0.3, 0.4) is 0 Å². The summed E-state index contributed by atoms with van der Waals surface area (Å²) < 4.78 is 18.6. The van der Waals surface area contributed by atoms with Gasteiger partial charge in [0.15, 0.2) is 5.82 Å². The van der Waals surface area contributed by atoms with Crippen molar-refractivity contribution in [1.82, 2.24) is 20.2 Å². The van der Waals surface area contributed by atoms with E-state index in [0.29, 0.717) is 58.1 Å². The molecule has 2 saturated heterocycles. The van der Waals surface area contributed by atoms with Gasteiger partial charge in [-0.2, -0.15) is 4.98 Å². The lowest BCUT2D eigenvalue weighted by Crippen LogP contribution is -2.43. The Kier molecular flexibility index (Phi) is 10.8. The summed E-state index contributed by atoms with van der Waals surface area (Å²) in [6.45, 7) is 5.97. The topological polar surface area (TPSA) is 129 Å². The molecule has 2 aliphatic rings. The van der Waals surface area contributed by atoms with Gasteiger partial charge < -0.3 is 24.8 Å². The molecule has 3 aromatic carbocycles. The first-order valence-electron chi connectivity index (χ1n) is 16.8. The maximum absolute atomic E-state index is 12.9. The highest BCUT2D eigenvalue weighted by Gasteiger charge is 2.30. The fourth-order valence-electron chi connectivity index (χ4n) is 6.76. The Hall–Kier alpha value is -4.44. The van der Waals surface area contributed by atoms with E-state index in [1.54, 1.807) is 20.4 Å². The summed E-state index contributed by atoms with van der Waals surface area (Å²) in [6, 6.07) is 22.0. The molecule has 11 nitrogen and oxygen atoms in total. The number of para-hydroxylation sites is 1. The number of aromatic nitrogens is 2. The van der Waals surface area contributed by atoms with Crippen LogP contribution in [-0.4, -0.2) is 73.3 Å². The van der Waals surface area contributed by atoms with Crippen LogP contribution in [0.2, 0.25) is 5.02 Å². The van der Waals surface area contributed by atoms with Crippen LogP contribution in [0.25, 0.3) is 0 Å². The number of amides is 2. The minimum atomic E-state index is -2.54. The summed E-state index contributed by atoms with van der Waals surface area (Å²) in [7, 11) is 1.24. The number of hydrogen-bond acceptors (Lipinski definition) is 10. The summed E-state index contributed by atoms with van der Waals surface area (Å²) in [5, 5.41) is 10.1. The Morgan fingerprint density at radius 1 is 1.00 bits per heavy atom. The number of halogens is 1. The normalized spacial score (nSPS) is 17.1. The van der Waals surface area contributed by atoms with E-state index in [2.05, 4.69) is 54.9 Å². The molecule has 6 rings (SSSR count). The number of carbonyl (C=O) groups is 2. The zero-order chi connectivity index (χ0) is 35.4. The standard InChI is InChI=1S/C37H43ClN7O4P/c1-44(23-24-9-5-6-10-27(24)28-14-16-34(46)42-36(28)47)25-17-19-45(20-18-25)26-13-15-30(32(21-26)49-2)41-37-39-22-29(38)35(43-37)40-31-11-7-8-12-33(31)50(3,4)48/h5-13,15,21-22,25,28H,14,16-20,23H2,1-4H3,(H,42,46,47)(H2,39,40,41,43). The predicted octanol–water partition coefficient (Wildman–Crippen LogP) is 6.49. The van der Waals surface area contributed by atoms with Crippen molar-refractivity contribution in [3.05, 3.63) is 89.1 Å². The van der Waals surface area contributed by atoms with E-state index in [4.69, 9.17) is 16.3 Å². The van der Waals surface area contributed by atoms with Crippen LogP contribution < -0.4 is 30.9 Å². The highest BCUT2D eigenvalue weighted by molar-refractivity contribution is 7.70. The third kappa shape index (κ3) is 8.12. The monoisotopic (exact) mass is 715 g/mol. The zero-order valence-corrected chi connectivity index (χ0v) is 30.4. The number of carbonyl (C=O) groups excluding carboxylic acids is 2. The Morgan fingerprint density at radius 2 is 1.74 bits per heavy atom. The van der Waals surface area contributed by atoms with Gasteiger partial charge in [0.2, 0.25) is 17.8 Å². The van der Waals surface area contributed by atoms with E-state index in [0.717, 1.165) is 49.3 Å². The van der Waals surface area contributed by atoms with Crippen molar-refractivity contribution < 1.29 is 18.9 Å². The van der Waals surface area contributed by atoms with Crippen molar-refractivity contribution in [2.45, 2.75) is 44.2 Å². The molecule has 2 fully saturated rings. The van der Waals surface area contributed by atoms with E-state index < -0.39 is 7.14 Å². The largest absolute Gasteiger partial charge is 0.494 e. The molecule has 3 N–H and O–H groups in total. The Balaban J connectivity index is 1.09. The first kappa shape index (κ1) is 35.4. The van der Waals surface area contributed by atoms with Gasteiger partial charge in [-0.05, 0) is 75.0 Å². The molecule has 13 heteroatoms. The second kappa shape index (κ2) is 15.2. The number of benzene rings is 3. The molecule has 1 aromatic heterocycles. The number of hydrogen-bond donors (Lipinski definition) is 3. The van der Waals surface area contributed by atoms with Crippen molar-refractivity contribution in [3.8, 4) is 5.75 Å². The number of ether oxygens (including phenoxy) is 1. The Morgan fingerprint density at radius 3 is 2.48 bits per heavy atom. The minimum absolute atomic E-state index is 0.195. The molecular formula is C37H43ClN7O4P. The van der Waals surface area contributed by atoms with Crippen LogP contribution in [0.5, 0.6) is 5.75 Å². The Labute approximate surface area is 298 Å². The maximum atomic E-state index is 12.9. The van der Waals surface area contributed by atoms with E-state index in [1.807, 2.05) is 54.6 Å². The average molecular weight is 716 g/mol. The van der Waals surface area contributed by atoms with Crippen LogP contribution >= 0.6 is 18.7 Å². The van der Waals surface area contributed by atoms with Gasteiger partial charge in [0.1, 0.15) is 17.9 Å². The summed E-state index contributed by atoms with van der Waals surface area (Å²) >= 11 is 6.46.